The van der Waals surface area contributed by atoms with E-state index in [0.29, 0.717) is 37.8 Å². The second-order valence-corrected chi connectivity index (χ2v) is 11.1. The number of likely N-dealkylation sites (tertiary alicyclic amines) is 1. The highest BCUT2D eigenvalue weighted by Crippen LogP contribution is 2.23. The van der Waals surface area contributed by atoms with Crippen molar-refractivity contribution < 1.29 is 22.8 Å². The molecule has 0 bridgehead atoms. The second kappa shape index (κ2) is 10.3. The van der Waals surface area contributed by atoms with E-state index in [0.717, 1.165) is 15.2 Å². The number of ketones is 1. The molecular weight excluding hydrogens is 494 g/mol. The molecule has 192 valence electrons. The van der Waals surface area contributed by atoms with Crippen LogP contribution in [0, 0.1) is 0 Å². The number of nitrogens with one attached hydrogen (secondary N) is 1. The van der Waals surface area contributed by atoms with Crippen molar-refractivity contribution in [3.05, 3.63) is 66.5 Å². The van der Waals surface area contributed by atoms with Crippen molar-refractivity contribution in [2.24, 2.45) is 0 Å². The van der Waals surface area contributed by atoms with E-state index in [4.69, 9.17) is 0 Å². The molecule has 3 aromatic rings. The standard InChI is InChI=1S/C26H27N5O5S/c32-23-17-30(37(35,36)24-11-3-4-12-27-24)13-5-9-21(23)29-25(33)22-10-6-14-31(22)26(34)19-15-18-7-1-2-8-20(18)28-16-19/h1-4,7-8,11-12,15-16,21-22H,5-6,9-10,13-14,17H2,(H,29,33)/t21?,22-/m0/s1. The van der Waals surface area contributed by atoms with Gasteiger partial charge in [0.05, 0.1) is 23.7 Å². The van der Waals surface area contributed by atoms with Crippen molar-refractivity contribution in [3.8, 4) is 0 Å². The summed E-state index contributed by atoms with van der Waals surface area (Å²) in [5.74, 6) is -1.07. The Morgan fingerprint density at radius 2 is 1.76 bits per heavy atom. The summed E-state index contributed by atoms with van der Waals surface area (Å²) < 4.78 is 27.0. The predicted octanol–water partition coefficient (Wildman–Crippen LogP) is 1.77. The molecule has 2 aliphatic rings. The number of rotatable bonds is 5. The number of aromatic nitrogens is 2. The number of hydrogen-bond acceptors (Lipinski definition) is 7. The van der Waals surface area contributed by atoms with E-state index in [-0.39, 0.29) is 29.8 Å². The summed E-state index contributed by atoms with van der Waals surface area (Å²) in [6.07, 6.45) is 4.77. The lowest BCUT2D eigenvalue weighted by atomic mass is 10.1. The van der Waals surface area contributed by atoms with Gasteiger partial charge in [0.1, 0.15) is 6.04 Å². The lowest BCUT2D eigenvalue weighted by Crippen LogP contribution is -2.51. The van der Waals surface area contributed by atoms with Gasteiger partial charge in [0, 0.05) is 30.9 Å². The minimum atomic E-state index is -3.92. The Bertz CT molecular complexity index is 1450. The molecule has 4 heterocycles. The molecule has 1 N–H and O–H groups in total. The number of sulfonamides is 1. The normalized spacial score (nSPS) is 21.1. The third-order valence-corrected chi connectivity index (χ3v) is 8.59. The number of carbonyl (C=O) groups excluding carboxylic acids is 3. The summed E-state index contributed by atoms with van der Waals surface area (Å²) in [5.41, 5.74) is 1.18. The zero-order valence-electron chi connectivity index (χ0n) is 20.1. The fourth-order valence-electron chi connectivity index (χ4n) is 4.89. The van der Waals surface area contributed by atoms with Gasteiger partial charge in [-0.05, 0) is 49.9 Å². The summed E-state index contributed by atoms with van der Waals surface area (Å²) in [5, 5.41) is 3.51. The first kappa shape index (κ1) is 25.0. The largest absolute Gasteiger partial charge is 0.344 e. The number of fused-ring (bicyclic) bond motifs is 1. The van der Waals surface area contributed by atoms with Crippen LogP contribution in [0.2, 0.25) is 0 Å². The number of nitrogens with zero attached hydrogens (tertiary/aromatic N) is 4. The van der Waals surface area contributed by atoms with Crippen LogP contribution in [-0.4, -0.2) is 76.9 Å². The summed E-state index contributed by atoms with van der Waals surface area (Å²) in [6.45, 7) is 0.235. The monoisotopic (exact) mass is 521 g/mol. The Morgan fingerprint density at radius 3 is 2.57 bits per heavy atom. The van der Waals surface area contributed by atoms with Crippen molar-refractivity contribution in [3.63, 3.8) is 0 Å². The third kappa shape index (κ3) is 5.09. The molecule has 37 heavy (non-hydrogen) atoms. The Morgan fingerprint density at radius 1 is 0.973 bits per heavy atom. The summed E-state index contributed by atoms with van der Waals surface area (Å²) in [7, 11) is -3.92. The number of hydrogen-bond donors (Lipinski definition) is 1. The van der Waals surface area contributed by atoms with Crippen molar-refractivity contribution in [1.82, 2.24) is 24.5 Å². The molecule has 0 spiro atoms. The van der Waals surface area contributed by atoms with Crippen molar-refractivity contribution in [2.75, 3.05) is 19.6 Å². The molecule has 2 aromatic heterocycles. The highest BCUT2D eigenvalue weighted by molar-refractivity contribution is 7.89. The predicted molar refractivity (Wildman–Crippen MR) is 135 cm³/mol. The topological polar surface area (TPSA) is 130 Å². The first-order chi connectivity index (χ1) is 17.8. The molecule has 2 aliphatic heterocycles. The molecule has 2 fully saturated rings. The summed E-state index contributed by atoms with van der Waals surface area (Å²) in [6, 6.07) is 12.3. The van der Waals surface area contributed by atoms with Crippen LogP contribution in [-0.2, 0) is 19.6 Å². The average Bonchev–Trinajstić information content (AvgIpc) is 3.34. The number of pyridine rings is 2. The van der Waals surface area contributed by atoms with Gasteiger partial charge in [0.25, 0.3) is 15.9 Å². The molecule has 2 atom stereocenters. The van der Waals surface area contributed by atoms with E-state index >= 15 is 0 Å². The number of carbonyl (C=O) groups is 3. The smallest absolute Gasteiger partial charge is 0.260 e. The summed E-state index contributed by atoms with van der Waals surface area (Å²) >= 11 is 0. The molecule has 0 radical (unpaired) electrons. The van der Waals surface area contributed by atoms with Crippen LogP contribution in [0.3, 0.4) is 0 Å². The molecule has 1 unspecified atom stereocenters. The molecule has 10 nitrogen and oxygen atoms in total. The quantitative estimate of drug-likeness (QED) is 0.542. The molecule has 0 aliphatic carbocycles. The van der Waals surface area contributed by atoms with Crippen molar-refractivity contribution in [1.29, 1.82) is 0 Å². The van der Waals surface area contributed by atoms with E-state index in [1.54, 1.807) is 18.2 Å². The van der Waals surface area contributed by atoms with Gasteiger partial charge in [-0.1, -0.05) is 24.3 Å². The van der Waals surface area contributed by atoms with Gasteiger partial charge in [-0.25, -0.2) is 13.4 Å². The molecule has 1 aromatic carbocycles. The Kier molecular flexibility index (Phi) is 6.98. The molecule has 2 amide bonds. The van der Waals surface area contributed by atoms with E-state index in [1.807, 2.05) is 24.3 Å². The van der Waals surface area contributed by atoms with Crippen LogP contribution < -0.4 is 5.32 Å². The fraction of sp³-hybridized carbons (Fsp3) is 0.346. The Labute approximate surface area is 214 Å². The maximum atomic E-state index is 13.3. The Balaban J connectivity index is 1.26. The summed E-state index contributed by atoms with van der Waals surface area (Å²) in [4.78, 5) is 49.3. The minimum Gasteiger partial charge on any atom is -0.344 e. The van der Waals surface area contributed by atoms with Gasteiger partial charge in [0.2, 0.25) is 5.91 Å². The average molecular weight is 522 g/mol. The number of amides is 2. The maximum Gasteiger partial charge on any atom is 0.260 e. The molecule has 0 saturated carbocycles. The zero-order chi connectivity index (χ0) is 26.0. The zero-order valence-corrected chi connectivity index (χ0v) is 20.9. The molecule has 5 rings (SSSR count). The van der Waals surface area contributed by atoms with Crippen LogP contribution in [0.25, 0.3) is 10.9 Å². The van der Waals surface area contributed by atoms with Gasteiger partial charge in [-0.15, -0.1) is 0 Å². The SMILES string of the molecule is O=C1CN(S(=O)(=O)c2ccccn2)CCCC1NC(=O)[C@@H]1CCCN1C(=O)c1cnc2ccccc2c1. The van der Waals surface area contributed by atoms with E-state index in [1.165, 1.54) is 23.4 Å². The lowest BCUT2D eigenvalue weighted by molar-refractivity contribution is -0.130. The number of benzene rings is 1. The van der Waals surface area contributed by atoms with Gasteiger partial charge < -0.3 is 10.2 Å². The van der Waals surface area contributed by atoms with E-state index in [2.05, 4.69) is 15.3 Å². The second-order valence-electron chi connectivity index (χ2n) is 9.25. The van der Waals surface area contributed by atoms with Gasteiger partial charge in [0.15, 0.2) is 10.8 Å². The molecule has 11 heteroatoms. The number of Topliss-reactive ketones (excluding diaryl/α,β-unsaturated/α-hetero) is 1. The van der Waals surface area contributed by atoms with Crippen LogP contribution in [0.15, 0.2) is 66.0 Å². The van der Waals surface area contributed by atoms with Crippen LogP contribution in [0.1, 0.15) is 36.0 Å². The lowest BCUT2D eigenvalue weighted by Gasteiger charge is -2.26. The minimum absolute atomic E-state index is 0.117. The van der Waals surface area contributed by atoms with Crippen molar-refractivity contribution in [2.45, 2.75) is 42.8 Å². The van der Waals surface area contributed by atoms with Crippen LogP contribution in [0.4, 0.5) is 0 Å². The van der Waals surface area contributed by atoms with Crippen LogP contribution in [0.5, 0.6) is 0 Å². The van der Waals surface area contributed by atoms with E-state index in [9.17, 15) is 22.8 Å². The Hall–Kier alpha value is -3.70. The van der Waals surface area contributed by atoms with Crippen LogP contribution >= 0.6 is 0 Å². The number of para-hydroxylation sites is 1. The first-order valence-electron chi connectivity index (χ1n) is 12.2. The highest BCUT2D eigenvalue weighted by Gasteiger charge is 2.38. The highest BCUT2D eigenvalue weighted by atomic mass is 32.2. The van der Waals surface area contributed by atoms with Crippen molar-refractivity contribution >= 4 is 38.5 Å². The fourth-order valence-corrected chi connectivity index (χ4v) is 6.27. The third-order valence-electron chi connectivity index (χ3n) is 6.83. The first-order valence-corrected chi connectivity index (χ1v) is 13.7. The van der Waals surface area contributed by atoms with Gasteiger partial charge in [-0.2, -0.15) is 4.31 Å². The van der Waals surface area contributed by atoms with E-state index < -0.39 is 28.0 Å². The van der Waals surface area contributed by atoms with Gasteiger partial charge >= 0.3 is 0 Å². The maximum absolute atomic E-state index is 13.3. The molecular formula is C26H27N5O5S. The molecule has 2 saturated heterocycles. The van der Waals surface area contributed by atoms with Gasteiger partial charge in [-0.3, -0.25) is 19.4 Å².